The van der Waals surface area contributed by atoms with Crippen molar-refractivity contribution in [2.75, 3.05) is 0 Å². The summed E-state index contributed by atoms with van der Waals surface area (Å²) >= 11 is 0. The second-order valence-corrected chi connectivity index (χ2v) is 5.91. The van der Waals surface area contributed by atoms with Crippen LogP contribution in [0.3, 0.4) is 0 Å². The van der Waals surface area contributed by atoms with Gasteiger partial charge in [0.1, 0.15) is 11.9 Å². The lowest BCUT2D eigenvalue weighted by Crippen LogP contribution is -2.07. The summed E-state index contributed by atoms with van der Waals surface area (Å²) in [5.41, 5.74) is 2.63. The molecular formula is C22H28O. The second-order valence-electron chi connectivity index (χ2n) is 5.91. The largest absolute Gasteiger partial charge is 0.486 e. The van der Waals surface area contributed by atoms with E-state index in [4.69, 9.17) is 4.74 Å². The summed E-state index contributed by atoms with van der Waals surface area (Å²) < 4.78 is 6.29. The van der Waals surface area contributed by atoms with Gasteiger partial charge in [0, 0.05) is 0 Å². The van der Waals surface area contributed by atoms with Crippen LogP contribution in [-0.2, 0) is 6.42 Å². The fourth-order valence-corrected chi connectivity index (χ4v) is 2.74. The van der Waals surface area contributed by atoms with E-state index in [0.29, 0.717) is 0 Å². The maximum absolute atomic E-state index is 6.29. The molecule has 0 aromatic heterocycles. The summed E-state index contributed by atoms with van der Waals surface area (Å²) in [5, 5.41) is 0. The minimum atomic E-state index is 0.124. The number of rotatable bonds is 9. The third kappa shape index (κ3) is 5.94. The third-order valence-electron chi connectivity index (χ3n) is 3.98. The standard InChI is InChI=1S/C22H28O/c1-3-5-6-10-14-22(20-12-8-7-9-13-20)23-21-17-15-19(11-4-2)16-18-21/h3,5,7-9,12-13,15-18,22H,4,6,10-11,14H2,1-2H3/b5-3+. The molecule has 1 unspecified atom stereocenters. The Bertz CT molecular complexity index is 569. The highest BCUT2D eigenvalue weighted by Gasteiger charge is 2.12. The molecule has 2 aromatic carbocycles. The molecule has 0 radical (unpaired) electrons. The first-order valence-corrected chi connectivity index (χ1v) is 8.75. The van der Waals surface area contributed by atoms with E-state index in [1.807, 2.05) is 0 Å². The Morgan fingerprint density at radius 2 is 1.74 bits per heavy atom. The van der Waals surface area contributed by atoms with Crippen LogP contribution in [0.2, 0.25) is 0 Å². The van der Waals surface area contributed by atoms with Gasteiger partial charge in [-0.1, -0.05) is 68.0 Å². The summed E-state index contributed by atoms with van der Waals surface area (Å²) in [6.45, 7) is 4.28. The highest BCUT2D eigenvalue weighted by atomic mass is 16.5. The Morgan fingerprint density at radius 3 is 2.39 bits per heavy atom. The molecule has 0 aliphatic rings. The molecule has 0 amide bonds. The molecule has 0 saturated heterocycles. The highest BCUT2D eigenvalue weighted by molar-refractivity contribution is 5.29. The molecule has 2 aromatic rings. The number of benzene rings is 2. The Kier molecular flexibility index (Phi) is 7.45. The Hall–Kier alpha value is -2.02. The zero-order chi connectivity index (χ0) is 16.3. The molecule has 0 bridgehead atoms. The number of aryl methyl sites for hydroxylation is 1. The van der Waals surface area contributed by atoms with Gasteiger partial charge < -0.3 is 4.74 Å². The molecule has 0 N–H and O–H groups in total. The zero-order valence-corrected chi connectivity index (χ0v) is 14.4. The van der Waals surface area contributed by atoms with Crippen LogP contribution in [0.1, 0.15) is 56.8 Å². The van der Waals surface area contributed by atoms with Crippen molar-refractivity contribution in [3.63, 3.8) is 0 Å². The molecule has 23 heavy (non-hydrogen) atoms. The van der Waals surface area contributed by atoms with Gasteiger partial charge in [0.25, 0.3) is 0 Å². The van der Waals surface area contributed by atoms with Crippen LogP contribution in [0.5, 0.6) is 5.75 Å². The molecular weight excluding hydrogens is 280 g/mol. The van der Waals surface area contributed by atoms with Gasteiger partial charge in [-0.2, -0.15) is 0 Å². The average molecular weight is 308 g/mol. The van der Waals surface area contributed by atoms with E-state index < -0.39 is 0 Å². The lowest BCUT2D eigenvalue weighted by molar-refractivity contribution is 0.192. The lowest BCUT2D eigenvalue weighted by atomic mass is 10.0. The summed E-state index contributed by atoms with van der Waals surface area (Å²) in [5.74, 6) is 0.963. The van der Waals surface area contributed by atoms with Crippen molar-refractivity contribution in [3.8, 4) is 5.75 Å². The van der Waals surface area contributed by atoms with Crippen molar-refractivity contribution in [1.29, 1.82) is 0 Å². The molecule has 0 aliphatic heterocycles. The minimum absolute atomic E-state index is 0.124. The summed E-state index contributed by atoms with van der Waals surface area (Å²) in [6, 6.07) is 19.1. The van der Waals surface area contributed by atoms with Crippen molar-refractivity contribution in [2.24, 2.45) is 0 Å². The van der Waals surface area contributed by atoms with E-state index in [-0.39, 0.29) is 6.10 Å². The lowest BCUT2D eigenvalue weighted by Gasteiger charge is -2.20. The molecule has 1 atom stereocenters. The zero-order valence-electron chi connectivity index (χ0n) is 14.4. The van der Waals surface area contributed by atoms with Crippen LogP contribution in [0.15, 0.2) is 66.7 Å². The minimum Gasteiger partial charge on any atom is -0.486 e. The number of unbranched alkanes of at least 4 members (excludes halogenated alkanes) is 1. The summed E-state index contributed by atoms with van der Waals surface area (Å²) in [4.78, 5) is 0. The van der Waals surface area contributed by atoms with Crippen LogP contribution in [-0.4, -0.2) is 0 Å². The summed E-state index contributed by atoms with van der Waals surface area (Å²) in [7, 11) is 0. The Labute approximate surface area is 141 Å². The first-order chi connectivity index (χ1) is 11.3. The van der Waals surface area contributed by atoms with E-state index in [9.17, 15) is 0 Å². The average Bonchev–Trinajstić information content (AvgIpc) is 2.60. The molecule has 1 heteroatoms. The molecule has 2 rings (SSSR count). The van der Waals surface area contributed by atoms with E-state index in [2.05, 4.69) is 80.6 Å². The molecule has 1 nitrogen and oxygen atoms in total. The topological polar surface area (TPSA) is 9.23 Å². The van der Waals surface area contributed by atoms with Crippen LogP contribution in [0.4, 0.5) is 0 Å². The van der Waals surface area contributed by atoms with Gasteiger partial charge in [-0.25, -0.2) is 0 Å². The fraction of sp³-hybridized carbons (Fsp3) is 0.364. The van der Waals surface area contributed by atoms with E-state index in [1.54, 1.807) is 0 Å². The van der Waals surface area contributed by atoms with E-state index in [1.165, 1.54) is 17.5 Å². The van der Waals surface area contributed by atoms with Gasteiger partial charge in [-0.3, -0.25) is 0 Å². The number of allylic oxidation sites excluding steroid dienone is 2. The van der Waals surface area contributed by atoms with Crippen molar-refractivity contribution < 1.29 is 4.74 Å². The Balaban J connectivity index is 2.04. The molecule has 0 aliphatic carbocycles. The third-order valence-corrected chi connectivity index (χ3v) is 3.98. The first-order valence-electron chi connectivity index (χ1n) is 8.75. The van der Waals surface area contributed by atoms with Gasteiger partial charge in [-0.05, 0) is 55.9 Å². The van der Waals surface area contributed by atoms with Crippen molar-refractivity contribution >= 4 is 0 Å². The SMILES string of the molecule is C/C=C/CCCC(Oc1ccc(CCC)cc1)c1ccccc1. The molecule has 0 heterocycles. The highest BCUT2D eigenvalue weighted by Crippen LogP contribution is 2.27. The fourth-order valence-electron chi connectivity index (χ4n) is 2.74. The van der Waals surface area contributed by atoms with Gasteiger partial charge in [0.2, 0.25) is 0 Å². The smallest absolute Gasteiger partial charge is 0.124 e. The number of ether oxygens (including phenoxy) is 1. The summed E-state index contributed by atoms with van der Waals surface area (Å²) in [6.07, 6.45) is 10.1. The maximum atomic E-state index is 6.29. The van der Waals surface area contributed by atoms with Gasteiger partial charge in [-0.15, -0.1) is 0 Å². The van der Waals surface area contributed by atoms with Crippen molar-refractivity contribution in [2.45, 2.75) is 52.1 Å². The van der Waals surface area contributed by atoms with Crippen molar-refractivity contribution in [1.82, 2.24) is 0 Å². The number of hydrogen-bond acceptors (Lipinski definition) is 1. The van der Waals surface area contributed by atoms with Gasteiger partial charge >= 0.3 is 0 Å². The normalized spacial score (nSPS) is 12.4. The molecule has 0 fully saturated rings. The molecule has 0 spiro atoms. The predicted octanol–water partition coefficient (Wildman–Crippen LogP) is 6.51. The van der Waals surface area contributed by atoms with Crippen molar-refractivity contribution in [3.05, 3.63) is 77.9 Å². The van der Waals surface area contributed by atoms with Gasteiger partial charge in [0.15, 0.2) is 0 Å². The van der Waals surface area contributed by atoms with Crippen LogP contribution in [0, 0.1) is 0 Å². The van der Waals surface area contributed by atoms with Crippen LogP contribution < -0.4 is 4.74 Å². The maximum Gasteiger partial charge on any atom is 0.124 e. The van der Waals surface area contributed by atoms with Crippen LogP contribution in [0.25, 0.3) is 0 Å². The van der Waals surface area contributed by atoms with E-state index in [0.717, 1.165) is 31.4 Å². The van der Waals surface area contributed by atoms with Gasteiger partial charge in [0.05, 0.1) is 0 Å². The van der Waals surface area contributed by atoms with E-state index >= 15 is 0 Å². The van der Waals surface area contributed by atoms with Crippen LogP contribution >= 0.6 is 0 Å². The second kappa shape index (κ2) is 9.89. The number of hydrogen-bond donors (Lipinski definition) is 0. The first kappa shape index (κ1) is 17.3. The molecule has 0 saturated carbocycles. The quantitative estimate of drug-likeness (QED) is 0.379. The monoisotopic (exact) mass is 308 g/mol. The Morgan fingerprint density at radius 1 is 1.00 bits per heavy atom. The molecule has 122 valence electrons. The predicted molar refractivity (Wildman–Crippen MR) is 98.9 cm³/mol.